The van der Waals surface area contributed by atoms with E-state index in [1.807, 2.05) is 6.07 Å². The molecule has 1 aromatic carbocycles. The lowest BCUT2D eigenvalue weighted by Gasteiger charge is -2.11. The van der Waals surface area contributed by atoms with Gasteiger partial charge in [-0.15, -0.1) is 10.2 Å². The standard InChI is InChI=1S/C24H25F2N5O2/c25-18(14-22-20(26)5-2-10-27-22)8-11-28-23-7-6-21(30-31-23)16-3-1-4-17(13-16)24(32)29-19-9-12-33-15-19/h1-7,10,13,18-19H,8-9,11-12,14-15H2,(H,28,31)(H,29,32)/t18-,19+/m0/s1. The van der Waals surface area contributed by atoms with Gasteiger partial charge in [0, 0.05) is 36.9 Å². The number of amides is 1. The smallest absolute Gasteiger partial charge is 0.251 e. The van der Waals surface area contributed by atoms with Crippen LogP contribution in [0.15, 0.2) is 54.7 Å². The molecule has 4 rings (SSSR count). The van der Waals surface area contributed by atoms with E-state index in [4.69, 9.17) is 4.74 Å². The fourth-order valence-electron chi connectivity index (χ4n) is 3.55. The van der Waals surface area contributed by atoms with Gasteiger partial charge in [0.15, 0.2) is 0 Å². The lowest BCUT2D eigenvalue weighted by molar-refractivity contribution is 0.0930. The summed E-state index contributed by atoms with van der Waals surface area (Å²) in [5.74, 6) is -0.140. The zero-order chi connectivity index (χ0) is 23.0. The third-order valence-corrected chi connectivity index (χ3v) is 5.36. The van der Waals surface area contributed by atoms with Gasteiger partial charge in [-0.25, -0.2) is 8.78 Å². The van der Waals surface area contributed by atoms with Crippen LogP contribution < -0.4 is 10.6 Å². The quantitative estimate of drug-likeness (QED) is 0.515. The number of benzene rings is 1. The molecule has 33 heavy (non-hydrogen) atoms. The highest BCUT2D eigenvalue weighted by atomic mass is 19.1. The second kappa shape index (κ2) is 10.9. The molecular weight excluding hydrogens is 428 g/mol. The first kappa shape index (κ1) is 22.7. The van der Waals surface area contributed by atoms with Gasteiger partial charge in [0.25, 0.3) is 5.91 Å². The van der Waals surface area contributed by atoms with Crippen LogP contribution in [-0.2, 0) is 11.2 Å². The summed E-state index contributed by atoms with van der Waals surface area (Å²) < 4.78 is 33.0. The number of carbonyl (C=O) groups is 1. The molecule has 1 aliphatic rings. The van der Waals surface area contributed by atoms with Crippen LogP contribution in [0.3, 0.4) is 0 Å². The number of alkyl halides is 1. The highest BCUT2D eigenvalue weighted by Crippen LogP contribution is 2.19. The molecule has 0 aliphatic carbocycles. The van der Waals surface area contributed by atoms with E-state index in [1.54, 1.807) is 30.3 Å². The molecule has 9 heteroatoms. The number of hydrogen-bond donors (Lipinski definition) is 2. The zero-order valence-electron chi connectivity index (χ0n) is 18.0. The fourth-order valence-corrected chi connectivity index (χ4v) is 3.55. The Bertz CT molecular complexity index is 1070. The molecule has 1 fully saturated rings. The Morgan fingerprint density at radius 3 is 2.85 bits per heavy atom. The molecule has 0 bridgehead atoms. The van der Waals surface area contributed by atoms with Crippen molar-refractivity contribution < 1.29 is 18.3 Å². The summed E-state index contributed by atoms with van der Waals surface area (Å²) in [6.45, 7) is 1.52. The molecule has 0 radical (unpaired) electrons. The summed E-state index contributed by atoms with van der Waals surface area (Å²) in [6, 6.07) is 13.5. The van der Waals surface area contributed by atoms with Crippen molar-refractivity contribution in [2.75, 3.05) is 25.1 Å². The van der Waals surface area contributed by atoms with Crippen LogP contribution in [0.4, 0.5) is 14.6 Å². The Balaban J connectivity index is 1.29. The summed E-state index contributed by atoms with van der Waals surface area (Å²) in [5.41, 5.74) is 2.06. The van der Waals surface area contributed by atoms with Crippen molar-refractivity contribution in [2.24, 2.45) is 0 Å². The minimum Gasteiger partial charge on any atom is -0.379 e. The molecule has 0 unspecified atom stereocenters. The monoisotopic (exact) mass is 453 g/mol. The Labute approximate surface area is 190 Å². The average molecular weight is 453 g/mol. The molecular formula is C24H25F2N5O2. The number of halogens is 2. The highest BCUT2D eigenvalue weighted by Gasteiger charge is 2.19. The Morgan fingerprint density at radius 1 is 1.18 bits per heavy atom. The summed E-state index contributed by atoms with van der Waals surface area (Å²) in [5, 5.41) is 14.3. The van der Waals surface area contributed by atoms with Gasteiger partial charge in [-0.3, -0.25) is 9.78 Å². The maximum absolute atomic E-state index is 14.2. The van der Waals surface area contributed by atoms with Crippen LogP contribution >= 0.6 is 0 Å². The van der Waals surface area contributed by atoms with E-state index in [9.17, 15) is 13.6 Å². The number of pyridine rings is 1. The Hall–Kier alpha value is -3.46. The van der Waals surface area contributed by atoms with Crippen molar-refractivity contribution in [1.29, 1.82) is 0 Å². The van der Waals surface area contributed by atoms with Gasteiger partial charge in [0.05, 0.1) is 24.0 Å². The van der Waals surface area contributed by atoms with Crippen molar-refractivity contribution in [1.82, 2.24) is 20.5 Å². The van der Waals surface area contributed by atoms with Gasteiger partial charge in [-0.1, -0.05) is 12.1 Å². The number of carbonyl (C=O) groups excluding carboxylic acids is 1. The van der Waals surface area contributed by atoms with E-state index in [1.165, 1.54) is 18.3 Å². The van der Waals surface area contributed by atoms with Crippen molar-refractivity contribution >= 4 is 11.7 Å². The van der Waals surface area contributed by atoms with Crippen molar-refractivity contribution in [3.63, 3.8) is 0 Å². The SMILES string of the molecule is O=C(N[C@@H]1CCOC1)c1cccc(-c2ccc(NCC[C@H](F)Cc3ncccc3F)nn2)c1. The number of hydrogen-bond acceptors (Lipinski definition) is 6. The van der Waals surface area contributed by atoms with Gasteiger partial charge in [-0.2, -0.15) is 0 Å². The molecule has 2 atom stereocenters. The van der Waals surface area contributed by atoms with Gasteiger partial charge >= 0.3 is 0 Å². The summed E-state index contributed by atoms with van der Waals surface area (Å²) in [7, 11) is 0. The van der Waals surface area contributed by atoms with Crippen LogP contribution in [0.25, 0.3) is 11.3 Å². The maximum Gasteiger partial charge on any atom is 0.251 e. The number of anilines is 1. The number of rotatable bonds is 9. The molecule has 0 spiro atoms. The minimum atomic E-state index is -1.22. The summed E-state index contributed by atoms with van der Waals surface area (Å²) in [6.07, 6.45) is 1.15. The van der Waals surface area contributed by atoms with E-state index in [0.717, 1.165) is 12.0 Å². The molecule has 3 aromatic rings. The summed E-state index contributed by atoms with van der Waals surface area (Å²) in [4.78, 5) is 16.4. The van der Waals surface area contributed by atoms with Gasteiger partial charge in [0.1, 0.15) is 17.8 Å². The molecule has 1 saturated heterocycles. The number of nitrogens with zero attached hydrogens (tertiary/aromatic N) is 3. The van der Waals surface area contributed by atoms with Gasteiger partial charge < -0.3 is 15.4 Å². The van der Waals surface area contributed by atoms with E-state index in [2.05, 4.69) is 25.8 Å². The molecule has 172 valence electrons. The predicted octanol–water partition coefficient (Wildman–Crippen LogP) is 3.58. The van der Waals surface area contributed by atoms with Crippen molar-refractivity contribution in [3.05, 3.63) is 71.8 Å². The normalized spacial score (nSPS) is 16.4. The van der Waals surface area contributed by atoms with Crippen LogP contribution in [0.2, 0.25) is 0 Å². The topological polar surface area (TPSA) is 89.0 Å². The molecule has 2 aromatic heterocycles. The third kappa shape index (κ3) is 6.29. The van der Waals surface area contributed by atoms with Crippen LogP contribution in [-0.4, -0.2) is 53.1 Å². The molecule has 1 amide bonds. The van der Waals surface area contributed by atoms with Crippen LogP contribution in [0.5, 0.6) is 0 Å². The Kier molecular flexibility index (Phi) is 7.51. The van der Waals surface area contributed by atoms with Crippen molar-refractivity contribution in [2.45, 2.75) is 31.5 Å². The molecule has 7 nitrogen and oxygen atoms in total. The molecule has 1 aliphatic heterocycles. The molecule has 2 N–H and O–H groups in total. The maximum atomic E-state index is 14.2. The first-order valence-electron chi connectivity index (χ1n) is 10.9. The van der Waals surface area contributed by atoms with Gasteiger partial charge in [-0.05, 0) is 49.2 Å². The lowest BCUT2D eigenvalue weighted by atomic mass is 10.1. The fraction of sp³-hybridized carbons (Fsp3) is 0.333. The second-order valence-corrected chi connectivity index (χ2v) is 7.87. The zero-order valence-corrected chi connectivity index (χ0v) is 18.0. The molecule has 0 saturated carbocycles. The third-order valence-electron chi connectivity index (χ3n) is 5.36. The number of aromatic nitrogens is 3. The number of ether oxygens (including phenoxy) is 1. The minimum absolute atomic E-state index is 0.0400. The van der Waals surface area contributed by atoms with Crippen LogP contribution in [0.1, 0.15) is 28.9 Å². The van der Waals surface area contributed by atoms with Gasteiger partial charge in [0.2, 0.25) is 0 Å². The predicted molar refractivity (Wildman–Crippen MR) is 120 cm³/mol. The molecule has 3 heterocycles. The van der Waals surface area contributed by atoms with E-state index < -0.39 is 12.0 Å². The van der Waals surface area contributed by atoms with Crippen molar-refractivity contribution in [3.8, 4) is 11.3 Å². The first-order valence-corrected chi connectivity index (χ1v) is 10.9. The lowest BCUT2D eigenvalue weighted by Crippen LogP contribution is -2.34. The van der Waals surface area contributed by atoms with E-state index >= 15 is 0 Å². The second-order valence-electron chi connectivity index (χ2n) is 7.87. The Morgan fingerprint density at radius 2 is 2.09 bits per heavy atom. The van der Waals surface area contributed by atoms with E-state index in [-0.39, 0.29) is 30.5 Å². The van der Waals surface area contributed by atoms with E-state index in [0.29, 0.717) is 36.8 Å². The summed E-state index contributed by atoms with van der Waals surface area (Å²) >= 11 is 0. The number of nitrogens with one attached hydrogen (secondary N) is 2. The average Bonchev–Trinajstić information content (AvgIpc) is 3.34. The first-order chi connectivity index (χ1) is 16.1. The van der Waals surface area contributed by atoms with Crippen LogP contribution in [0, 0.1) is 5.82 Å². The highest BCUT2D eigenvalue weighted by molar-refractivity contribution is 5.95. The largest absolute Gasteiger partial charge is 0.379 e.